The molecule has 0 aliphatic rings. The van der Waals surface area contributed by atoms with E-state index in [1.807, 2.05) is 25.1 Å². The summed E-state index contributed by atoms with van der Waals surface area (Å²) in [7, 11) is -1.25. The van der Waals surface area contributed by atoms with Crippen LogP contribution in [-0.2, 0) is 9.84 Å². The summed E-state index contributed by atoms with van der Waals surface area (Å²) in [4.78, 5) is 8.68. The van der Waals surface area contributed by atoms with Crippen molar-refractivity contribution in [2.75, 3.05) is 37.5 Å². The SMILES string of the molecule is CN=C(NCCNc1nc2ccccc2s1)NC(C)CCS(C)(=O)=O. The Morgan fingerprint density at radius 2 is 2.08 bits per heavy atom. The van der Waals surface area contributed by atoms with E-state index in [1.165, 1.54) is 6.26 Å². The number of aliphatic imine (C=N–C) groups is 1. The molecule has 0 spiro atoms. The zero-order chi connectivity index (χ0) is 18.3. The standard InChI is InChI=1S/C16H25N5O2S2/c1-12(8-11-25(3,22)23)20-15(17-2)18-9-10-19-16-21-13-6-4-5-7-14(13)24-16/h4-7,12H,8-11H2,1-3H3,(H,19,21)(H2,17,18,20). The van der Waals surface area contributed by atoms with Crippen LogP contribution in [-0.4, -0.2) is 57.5 Å². The second-order valence-corrected chi connectivity index (χ2v) is 9.17. The molecule has 1 unspecified atom stereocenters. The molecule has 0 aliphatic carbocycles. The van der Waals surface area contributed by atoms with Gasteiger partial charge in [0.1, 0.15) is 9.84 Å². The Balaban J connectivity index is 1.71. The monoisotopic (exact) mass is 383 g/mol. The third-order valence-corrected chi connectivity index (χ3v) is 5.49. The number of aromatic nitrogens is 1. The molecule has 7 nitrogen and oxygen atoms in total. The first-order valence-electron chi connectivity index (χ1n) is 8.12. The number of sulfone groups is 1. The lowest BCUT2D eigenvalue weighted by Crippen LogP contribution is -2.44. The van der Waals surface area contributed by atoms with E-state index < -0.39 is 9.84 Å². The third kappa shape index (κ3) is 6.87. The average molecular weight is 384 g/mol. The molecule has 9 heteroatoms. The minimum absolute atomic E-state index is 0.0261. The van der Waals surface area contributed by atoms with Crippen LogP contribution in [0.2, 0.25) is 0 Å². The molecule has 2 rings (SSSR count). The molecule has 0 radical (unpaired) electrons. The number of thiazole rings is 1. The van der Waals surface area contributed by atoms with Gasteiger partial charge in [-0.25, -0.2) is 13.4 Å². The summed E-state index contributed by atoms with van der Waals surface area (Å²) in [6.45, 7) is 3.32. The van der Waals surface area contributed by atoms with E-state index in [1.54, 1.807) is 18.4 Å². The highest BCUT2D eigenvalue weighted by molar-refractivity contribution is 7.90. The largest absolute Gasteiger partial charge is 0.360 e. The first kappa shape index (κ1) is 19.5. The molecule has 1 aromatic heterocycles. The van der Waals surface area contributed by atoms with Gasteiger partial charge in [0.15, 0.2) is 11.1 Å². The van der Waals surface area contributed by atoms with Crippen LogP contribution in [0.15, 0.2) is 29.3 Å². The van der Waals surface area contributed by atoms with E-state index in [-0.39, 0.29) is 11.8 Å². The summed E-state index contributed by atoms with van der Waals surface area (Å²) in [6, 6.07) is 8.07. The van der Waals surface area contributed by atoms with Crippen LogP contribution in [0.4, 0.5) is 5.13 Å². The van der Waals surface area contributed by atoms with E-state index in [2.05, 4.69) is 32.0 Å². The number of anilines is 1. The maximum Gasteiger partial charge on any atom is 0.191 e. The Morgan fingerprint density at radius 3 is 2.76 bits per heavy atom. The summed E-state index contributed by atoms with van der Waals surface area (Å²) in [5.41, 5.74) is 1.00. The van der Waals surface area contributed by atoms with Crippen molar-refractivity contribution in [2.24, 2.45) is 4.99 Å². The van der Waals surface area contributed by atoms with Gasteiger partial charge in [-0.3, -0.25) is 4.99 Å². The van der Waals surface area contributed by atoms with Crippen LogP contribution in [0.3, 0.4) is 0 Å². The Kier molecular flexibility index (Phi) is 7.01. The van der Waals surface area contributed by atoms with Gasteiger partial charge in [0.25, 0.3) is 0 Å². The molecule has 0 saturated heterocycles. The number of nitrogens with one attached hydrogen (secondary N) is 3. The maximum atomic E-state index is 11.2. The predicted octanol–water partition coefficient (Wildman–Crippen LogP) is 1.70. The van der Waals surface area contributed by atoms with Crippen LogP contribution in [0.5, 0.6) is 0 Å². The average Bonchev–Trinajstić information content (AvgIpc) is 2.98. The number of hydrogen-bond acceptors (Lipinski definition) is 6. The van der Waals surface area contributed by atoms with Crippen LogP contribution < -0.4 is 16.0 Å². The van der Waals surface area contributed by atoms with Crippen molar-refractivity contribution in [2.45, 2.75) is 19.4 Å². The summed E-state index contributed by atoms with van der Waals surface area (Å²) in [5, 5.41) is 10.6. The smallest absolute Gasteiger partial charge is 0.191 e. The Morgan fingerprint density at radius 1 is 1.32 bits per heavy atom. The number of nitrogens with zero attached hydrogens (tertiary/aromatic N) is 2. The van der Waals surface area contributed by atoms with Crippen molar-refractivity contribution in [3.63, 3.8) is 0 Å². The van der Waals surface area contributed by atoms with Gasteiger partial charge in [-0.05, 0) is 25.5 Å². The Labute approximate surface area is 152 Å². The number of benzene rings is 1. The fourth-order valence-corrected chi connectivity index (χ4v) is 3.86. The van der Waals surface area contributed by atoms with Crippen molar-refractivity contribution in [1.29, 1.82) is 0 Å². The molecular weight excluding hydrogens is 358 g/mol. The van der Waals surface area contributed by atoms with Gasteiger partial charge in [-0.1, -0.05) is 23.5 Å². The molecule has 1 heterocycles. The van der Waals surface area contributed by atoms with Gasteiger partial charge < -0.3 is 16.0 Å². The molecule has 2 aromatic rings. The van der Waals surface area contributed by atoms with Gasteiger partial charge in [-0.2, -0.15) is 0 Å². The second kappa shape index (κ2) is 9.00. The lowest BCUT2D eigenvalue weighted by Gasteiger charge is -2.17. The molecule has 1 atom stereocenters. The molecule has 3 N–H and O–H groups in total. The fraction of sp³-hybridized carbons (Fsp3) is 0.500. The highest BCUT2D eigenvalue weighted by atomic mass is 32.2. The van der Waals surface area contributed by atoms with Gasteiger partial charge in [0, 0.05) is 32.4 Å². The van der Waals surface area contributed by atoms with Crippen LogP contribution in [0.1, 0.15) is 13.3 Å². The van der Waals surface area contributed by atoms with Crippen LogP contribution in [0, 0.1) is 0 Å². The fourth-order valence-electron chi connectivity index (χ4n) is 2.19. The summed E-state index contributed by atoms with van der Waals surface area (Å²) < 4.78 is 23.6. The highest BCUT2D eigenvalue weighted by Crippen LogP contribution is 2.24. The lowest BCUT2D eigenvalue weighted by molar-refractivity contribution is 0.581. The number of guanidine groups is 1. The minimum atomic E-state index is -2.94. The second-order valence-electron chi connectivity index (χ2n) is 5.88. The van der Waals surface area contributed by atoms with E-state index >= 15 is 0 Å². The topological polar surface area (TPSA) is 95.5 Å². The zero-order valence-corrected chi connectivity index (χ0v) is 16.4. The predicted molar refractivity (Wildman–Crippen MR) is 106 cm³/mol. The maximum absolute atomic E-state index is 11.2. The number of fused-ring (bicyclic) bond motifs is 1. The molecular formula is C16H25N5O2S2. The minimum Gasteiger partial charge on any atom is -0.360 e. The Hall–Kier alpha value is -1.87. The van der Waals surface area contributed by atoms with Crippen LogP contribution in [0.25, 0.3) is 10.2 Å². The molecule has 1 aromatic carbocycles. The number of hydrogen-bond donors (Lipinski definition) is 3. The molecule has 0 aliphatic heterocycles. The summed E-state index contributed by atoms with van der Waals surface area (Å²) in [5.74, 6) is 0.823. The molecule has 25 heavy (non-hydrogen) atoms. The normalized spacial score (nSPS) is 13.6. The van der Waals surface area contributed by atoms with Crippen molar-refractivity contribution in [3.05, 3.63) is 24.3 Å². The molecule has 0 saturated carbocycles. The van der Waals surface area contributed by atoms with Crippen molar-refractivity contribution in [3.8, 4) is 0 Å². The van der Waals surface area contributed by atoms with Gasteiger partial charge in [0.05, 0.1) is 16.0 Å². The van der Waals surface area contributed by atoms with Gasteiger partial charge >= 0.3 is 0 Å². The van der Waals surface area contributed by atoms with E-state index in [4.69, 9.17) is 0 Å². The quantitative estimate of drug-likeness (QED) is 0.365. The third-order valence-electron chi connectivity index (χ3n) is 3.52. The van der Waals surface area contributed by atoms with E-state index in [0.717, 1.165) is 15.3 Å². The van der Waals surface area contributed by atoms with Crippen molar-refractivity contribution < 1.29 is 8.42 Å². The first-order chi connectivity index (χ1) is 11.9. The summed E-state index contributed by atoms with van der Waals surface area (Å²) >= 11 is 1.63. The number of para-hydroxylation sites is 1. The highest BCUT2D eigenvalue weighted by Gasteiger charge is 2.09. The van der Waals surface area contributed by atoms with E-state index in [0.29, 0.717) is 25.5 Å². The molecule has 0 bridgehead atoms. The zero-order valence-electron chi connectivity index (χ0n) is 14.7. The van der Waals surface area contributed by atoms with Gasteiger partial charge in [0.2, 0.25) is 0 Å². The molecule has 0 amide bonds. The lowest BCUT2D eigenvalue weighted by atomic mass is 10.3. The van der Waals surface area contributed by atoms with E-state index in [9.17, 15) is 8.42 Å². The van der Waals surface area contributed by atoms with Crippen molar-refractivity contribution in [1.82, 2.24) is 15.6 Å². The van der Waals surface area contributed by atoms with Crippen molar-refractivity contribution >= 4 is 42.5 Å². The Bertz CT molecular complexity index is 784. The van der Waals surface area contributed by atoms with Crippen LogP contribution >= 0.6 is 11.3 Å². The summed E-state index contributed by atoms with van der Waals surface area (Å²) in [6.07, 6.45) is 1.80. The van der Waals surface area contributed by atoms with Gasteiger partial charge in [-0.15, -0.1) is 0 Å². The molecule has 0 fully saturated rings. The number of rotatable bonds is 8. The molecule has 138 valence electrons. The first-order valence-corrected chi connectivity index (χ1v) is 11.0.